The number of thioether (sulfide) groups is 1. The summed E-state index contributed by atoms with van der Waals surface area (Å²) in [6, 6.07) is 9.95. The van der Waals surface area contributed by atoms with Crippen LogP contribution < -0.4 is 10.1 Å². The number of nitrogens with zero attached hydrogens (tertiary/aromatic N) is 1. The zero-order valence-corrected chi connectivity index (χ0v) is 15.4. The van der Waals surface area contributed by atoms with E-state index >= 15 is 0 Å². The van der Waals surface area contributed by atoms with E-state index in [2.05, 4.69) is 10.3 Å². The van der Waals surface area contributed by atoms with Crippen molar-refractivity contribution in [3.8, 4) is 5.75 Å². The Labute approximate surface area is 162 Å². The lowest BCUT2D eigenvalue weighted by Gasteiger charge is -2.08. The number of ether oxygens (including phenoxy) is 1. The van der Waals surface area contributed by atoms with Crippen LogP contribution >= 0.6 is 23.4 Å². The van der Waals surface area contributed by atoms with Gasteiger partial charge in [0.05, 0.1) is 28.3 Å². The van der Waals surface area contributed by atoms with Crippen LogP contribution in [0, 0.1) is 0 Å². The van der Waals surface area contributed by atoms with Crippen LogP contribution in [-0.4, -0.2) is 18.2 Å². The largest absolute Gasteiger partial charge is 0.496 e. The second-order valence-corrected chi connectivity index (χ2v) is 6.83. The molecule has 1 fully saturated rings. The Kier molecular flexibility index (Phi) is 5.48. The highest BCUT2D eigenvalue weighted by molar-refractivity contribution is 8.18. The number of nitrogens with one attached hydrogen (secondary N) is 1. The molecular formula is C18H12ClF3N2O2S. The molecule has 1 N–H and O–H groups in total. The number of hydrogen-bond acceptors (Lipinski definition) is 4. The molecule has 2 aromatic rings. The predicted octanol–water partition coefficient (Wildman–Crippen LogP) is 5.26. The Morgan fingerprint density at radius 2 is 1.96 bits per heavy atom. The van der Waals surface area contributed by atoms with Gasteiger partial charge in [0.1, 0.15) is 5.75 Å². The molecule has 1 heterocycles. The highest BCUT2D eigenvalue weighted by Crippen LogP contribution is 2.37. The molecule has 0 aliphatic carbocycles. The number of benzene rings is 2. The summed E-state index contributed by atoms with van der Waals surface area (Å²) in [4.78, 5) is 16.6. The van der Waals surface area contributed by atoms with E-state index in [1.807, 2.05) is 0 Å². The van der Waals surface area contributed by atoms with Crippen molar-refractivity contribution >= 4 is 46.2 Å². The number of carbonyl (C=O) groups is 1. The number of amides is 1. The van der Waals surface area contributed by atoms with Crippen molar-refractivity contribution < 1.29 is 22.7 Å². The van der Waals surface area contributed by atoms with Crippen LogP contribution in [-0.2, 0) is 11.0 Å². The van der Waals surface area contributed by atoms with E-state index in [1.54, 1.807) is 30.3 Å². The lowest BCUT2D eigenvalue weighted by Crippen LogP contribution is -2.19. The standard InChI is InChI=1S/C18H12ClF3N2O2S/c1-26-14-5-3-2-4-10(14)8-15-16(25)24-17(27-15)23-13-9-11(18(20,21)22)6-7-12(13)19/h2-9H,1H3,(H,23,24,25)/b15-8-. The van der Waals surface area contributed by atoms with Crippen LogP contribution in [0.1, 0.15) is 11.1 Å². The number of alkyl halides is 3. The van der Waals surface area contributed by atoms with Crippen molar-refractivity contribution in [3.63, 3.8) is 0 Å². The summed E-state index contributed by atoms with van der Waals surface area (Å²) in [5, 5.41) is 2.71. The molecule has 140 valence electrons. The molecular weight excluding hydrogens is 401 g/mol. The molecule has 0 unspecified atom stereocenters. The van der Waals surface area contributed by atoms with Crippen LogP contribution in [0.25, 0.3) is 6.08 Å². The molecule has 0 radical (unpaired) electrons. The van der Waals surface area contributed by atoms with Crippen LogP contribution in [0.5, 0.6) is 5.75 Å². The Balaban J connectivity index is 1.91. The number of methoxy groups -OCH3 is 1. The summed E-state index contributed by atoms with van der Waals surface area (Å²) in [7, 11) is 1.52. The van der Waals surface area contributed by atoms with E-state index < -0.39 is 17.6 Å². The first-order valence-electron chi connectivity index (χ1n) is 7.57. The summed E-state index contributed by atoms with van der Waals surface area (Å²) in [5.41, 5.74) is -0.255. The first-order valence-corrected chi connectivity index (χ1v) is 8.77. The van der Waals surface area contributed by atoms with Gasteiger partial charge in [0.25, 0.3) is 5.91 Å². The van der Waals surface area contributed by atoms with Crippen molar-refractivity contribution in [3.05, 3.63) is 63.5 Å². The Bertz CT molecular complexity index is 958. The fraction of sp³-hybridized carbons (Fsp3) is 0.111. The zero-order valence-electron chi connectivity index (χ0n) is 13.8. The van der Waals surface area contributed by atoms with Crippen molar-refractivity contribution in [1.82, 2.24) is 5.32 Å². The minimum atomic E-state index is -4.51. The minimum Gasteiger partial charge on any atom is -0.496 e. The maximum atomic E-state index is 12.9. The smallest absolute Gasteiger partial charge is 0.416 e. The summed E-state index contributed by atoms with van der Waals surface area (Å²) in [6.07, 6.45) is -2.89. The Morgan fingerprint density at radius 1 is 1.22 bits per heavy atom. The van der Waals surface area contributed by atoms with Crippen LogP contribution in [0.2, 0.25) is 5.02 Å². The Morgan fingerprint density at radius 3 is 2.67 bits per heavy atom. The van der Waals surface area contributed by atoms with Gasteiger partial charge >= 0.3 is 6.18 Å². The SMILES string of the molecule is COc1ccccc1/C=C1\SC(=Nc2cc(C(F)(F)F)ccc2Cl)NC1=O. The summed E-state index contributed by atoms with van der Waals surface area (Å²) in [6.45, 7) is 0. The highest BCUT2D eigenvalue weighted by atomic mass is 35.5. The van der Waals surface area contributed by atoms with Gasteiger partial charge in [0.15, 0.2) is 5.17 Å². The molecule has 4 nitrogen and oxygen atoms in total. The topological polar surface area (TPSA) is 50.7 Å². The van der Waals surface area contributed by atoms with E-state index in [4.69, 9.17) is 16.3 Å². The van der Waals surface area contributed by atoms with Crippen molar-refractivity contribution in [2.75, 3.05) is 7.11 Å². The first-order chi connectivity index (χ1) is 12.8. The molecule has 9 heteroatoms. The van der Waals surface area contributed by atoms with E-state index in [0.29, 0.717) is 16.2 Å². The van der Waals surface area contributed by atoms with E-state index in [-0.39, 0.29) is 15.9 Å². The molecule has 1 saturated heterocycles. The van der Waals surface area contributed by atoms with Gasteiger partial charge in [-0.3, -0.25) is 4.79 Å². The lowest BCUT2D eigenvalue weighted by molar-refractivity contribution is -0.137. The van der Waals surface area contributed by atoms with Gasteiger partial charge in [-0.25, -0.2) is 4.99 Å². The van der Waals surface area contributed by atoms with Gasteiger partial charge < -0.3 is 10.1 Å². The van der Waals surface area contributed by atoms with E-state index in [9.17, 15) is 18.0 Å². The molecule has 0 bridgehead atoms. The molecule has 27 heavy (non-hydrogen) atoms. The van der Waals surface area contributed by atoms with Crippen LogP contribution in [0.4, 0.5) is 18.9 Å². The second-order valence-electron chi connectivity index (χ2n) is 5.39. The van der Waals surface area contributed by atoms with Crippen LogP contribution in [0.15, 0.2) is 52.4 Å². The number of amidine groups is 1. The van der Waals surface area contributed by atoms with Gasteiger partial charge in [-0.05, 0) is 42.1 Å². The third-order valence-corrected chi connectivity index (χ3v) is 4.80. The fourth-order valence-corrected chi connectivity index (χ4v) is 3.28. The minimum absolute atomic E-state index is 0.0486. The molecule has 0 atom stereocenters. The number of rotatable bonds is 3. The van der Waals surface area contributed by atoms with Crippen molar-refractivity contribution in [1.29, 1.82) is 0 Å². The third-order valence-electron chi connectivity index (χ3n) is 3.57. The molecule has 0 aromatic heterocycles. The zero-order chi connectivity index (χ0) is 19.6. The van der Waals surface area contributed by atoms with Crippen molar-refractivity contribution in [2.45, 2.75) is 6.18 Å². The average molecular weight is 413 g/mol. The average Bonchev–Trinajstić information content (AvgIpc) is 2.95. The molecule has 0 spiro atoms. The normalized spacial score (nSPS) is 17.4. The predicted molar refractivity (Wildman–Crippen MR) is 100 cm³/mol. The fourth-order valence-electron chi connectivity index (χ4n) is 2.29. The number of aliphatic imine (C=N–C) groups is 1. The molecule has 2 aromatic carbocycles. The summed E-state index contributed by atoms with van der Waals surface area (Å²) in [5.74, 6) is 0.178. The first kappa shape index (κ1) is 19.3. The summed E-state index contributed by atoms with van der Waals surface area (Å²) >= 11 is 6.94. The van der Waals surface area contributed by atoms with Crippen molar-refractivity contribution in [2.24, 2.45) is 4.99 Å². The monoisotopic (exact) mass is 412 g/mol. The van der Waals surface area contributed by atoms with E-state index in [0.717, 1.165) is 30.0 Å². The number of carbonyl (C=O) groups excluding carboxylic acids is 1. The number of hydrogen-bond donors (Lipinski definition) is 1. The highest BCUT2D eigenvalue weighted by Gasteiger charge is 2.31. The molecule has 3 rings (SSSR count). The molecule has 1 amide bonds. The quantitative estimate of drug-likeness (QED) is 0.700. The second kappa shape index (κ2) is 7.66. The van der Waals surface area contributed by atoms with Gasteiger partial charge in [-0.15, -0.1) is 0 Å². The van der Waals surface area contributed by atoms with E-state index in [1.165, 1.54) is 7.11 Å². The molecule has 0 saturated carbocycles. The van der Waals surface area contributed by atoms with Gasteiger partial charge in [-0.1, -0.05) is 29.8 Å². The molecule has 1 aliphatic heterocycles. The van der Waals surface area contributed by atoms with Crippen LogP contribution in [0.3, 0.4) is 0 Å². The number of halogens is 4. The lowest BCUT2D eigenvalue weighted by atomic mass is 10.2. The maximum Gasteiger partial charge on any atom is 0.416 e. The van der Waals surface area contributed by atoms with Gasteiger partial charge in [0.2, 0.25) is 0 Å². The molecule has 1 aliphatic rings. The third kappa shape index (κ3) is 4.45. The number of para-hydroxylation sites is 1. The Hall–Kier alpha value is -2.45. The maximum absolute atomic E-state index is 12.9. The van der Waals surface area contributed by atoms with Gasteiger partial charge in [0, 0.05) is 5.56 Å². The summed E-state index contributed by atoms with van der Waals surface area (Å²) < 4.78 is 43.8. The van der Waals surface area contributed by atoms with Gasteiger partial charge in [-0.2, -0.15) is 13.2 Å².